The molecular weight excluding hydrogens is 373 g/mol. The van der Waals surface area contributed by atoms with Crippen molar-refractivity contribution in [2.75, 3.05) is 0 Å². The Labute approximate surface area is 141 Å². The maximum absolute atomic E-state index is 6.36. The first-order valence-corrected chi connectivity index (χ1v) is 12.8. The molecule has 0 atom stereocenters. The van der Waals surface area contributed by atoms with Gasteiger partial charge in [-0.2, -0.15) is 0 Å². The van der Waals surface area contributed by atoms with E-state index < -0.39 is 6.63 Å². The standard InChI is InChI=1S/C16H25Cl2PSe/c1-15(2,3)12-8-11(10-20-7)14(19(17)18)13(9-12)16(4,5)6/h8-9H,10H2,1-7H3. The van der Waals surface area contributed by atoms with Gasteiger partial charge < -0.3 is 0 Å². The van der Waals surface area contributed by atoms with Crippen molar-refractivity contribution >= 4 is 49.4 Å². The molecule has 0 amide bonds. The summed E-state index contributed by atoms with van der Waals surface area (Å²) in [6.07, 6.45) is 0. The van der Waals surface area contributed by atoms with Crippen LogP contribution >= 0.6 is 29.1 Å². The van der Waals surface area contributed by atoms with E-state index in [0.29, 0.717) is 15.0 Å². The van der Waals surface area contributed by atoms with Crippen molar-refractivity contribution in [2.24, 2.45) is 0 Å². The number of hydrogen-bond acceptors (Lipinski definition) is 0. The van der Waals surface area contributed by atoms with E-state index in [1.165, 1.54) is 22.0 Å². The number of halogens is 2. The third kappa shape index (κ3) is 4.62. The predicted molar refractivity (Wildman–Crippen MR) is 97.4 cm³/mol. The molecule has 114 valence electrons. The average Bonchev–Trinajstić information content (AvgIpc) is 2.25. The fraction of sp³-hybridized carbons (Fsp3) is 0.625. The van der Waals surface area contributed by atoms with Gasteiger partial charge in [0.25, 0.3) is 0 Å². The summed E-state index contributed by atoms with van der Waals surface area (Å²) in [5.74, 6) is 2.27. The Balaban J connectivity index is 3.64. The van der Waals surface area contributed by atoms with Crippen LogP contribution in [0.25, 0.3) is 0 Å². The zero-order chi connectivity index (χ0) is 15.7. The van der Waals surface area contributed by atoms with Crippen LogP contribution < -0.4 is 5.30 Å². The summed E-state index contributed by atoms with van der Waals surface area (Å²) in [6, 6.07) is 4.65. The molecule has 1 rings (SSSR count). The van der Waals surface area contributed by atoms with E-state index in [2.05, 4.69) is 59.5 Å². The minimum absolute atomic E-state index is 0.0659. The van der Waals surface area contributed by atoms with Crippen LogP contribution in [0.1, 0.15) is 58.2 Å². The molecule has 0 unspecified atom stereocenters. The van der Waals surface area contributed by atoms with Gasteiger partial charge in [0, 0.05) is 0 Å². The van der Waals surface area contributed by atoms with Crippen molar-refractivity contribution in [2.45, 2.75) is 63.5 Å². The Morgan fingerprint density at radius 3 is 1.90 bits per heavy atom. The second-order valence-corrected chi connectivity index (χ2v) is 12.5. The van der Waals surface area contributed by atoms with Crippen molar-refractivity contribution < 1.29 is 0 Å². The second-order valence-electron chi connectivity index (χ2n) is 7.20. The van der Waals surface area contributed by atoms with Crippen LogP contribution in [0.2, 0.25) is 5.82 Å². The molecule has 0 radical (unpaired) electrons. The summed E-state index contributed by atoms with van der Waals surface area (Å²) in [5, 5.41) is 2.31. The molecule has 1 aromatic carbocycles. The Kier molecular flexibility index (Phi) is 6.47. The van der Waals surface area contributed by atoms with Gasteiger partial charge in [-0.3, -0.25) is 0 Å². The fourth-order valence-corrected chi connectivity index (χ4v) is 5.68. The van der Waals surface area contributed by atoms with E-state index in [-0.39, 0.29) is 10.8 Å². The maximum atomic E-state index is 6.36. The van der Waals surface area contributed by atoms with Crippen LogP contribution in [-0.4, -0.2) is 15.0 Å². The van der Waals surface area contributed by atoms with Gasteiger partial charge >= 0.3 is 142 Å². The van der Waals surface area contributed by atoms with E-state index in [9.17, 15) is 0 Å². The summed E-state index contributed by atoms with van der Waals surface area (Å²) >= 11 is 13.3. The Morgan fingerprint density at radius 1 is 1.00 bits per heavy atom. The van der Waals surface area contributed by atoms with E-state index in [1.54, 1.807) is 0 Å². The first-order valence-electron chi connectivity index (χ1n) is 6.77. The molecule has 0 saturated carbocycles. The normalized spacial score (nSPS) is 13.1. The van der Waals surface area contributed by atoms with Crippen molar-refractivity contribution in [1.82, 2.24) is 0 Å². The van der Waals surface area contributed by atoms with Gasteiger partial charge in [0.05, 0.1) is 0 Å². The summed E-state index contributed by atoms with van der Waals surface area (Å²) in [7, 11) is 0. The minimum atomic E-state index is -1.11. The third-order valence-electron chi connectivity index (χ3n) is 3.33. The Morgan fingerprint density at radius 2 is 1.55 bits per heavy atom. The summed E-state index contributed by atoms with van der Waals surface area (Å²) in [4.78, 5) is 0. The Bertz CT molecular complexity index is 471. The average molecular weight is 398 g/mol. The molecule has 0 aliphatic carbocycles. The molecule has 0 saturated heterocycles. The van der Waals surface area contributed by atoms with Gasteiger partial charge in [-0.25, -0.2) is 0 Å². The molecule has 0 aliphatic heterocycles. The molecule has 4 heteroatoms. The number of rotatable bonds is 3. The summed E-state index contributed by atoms with van der Waals surface area (Å²) in [5.41, 5.74) is 4.28. The molecule has 0 bridgehead atoms. The van der Waals surface area contributed by atoms with E-state index in [4.69, 9.17) is 22.5 Å². The van der Waals surface area contributed by atoms with Gasteiger partial charge in [-0.1, -0.05) is 0 Å². The first kappa shape index (κ1) is 18.8. The molecule has 20 heavy (non-hydrogen) atoms. The zero-order valence-electron chi connectivity index (χ0n) is 13.5. The van der Waals surface area contributed by atoms with Gasteiger partial charge in [0.15, 0.2) is 0 Å². The van der Waals surface area contributed by atoms with Crippen molar-refractivity contribution in [3.63, 3.8) is 0 Å². The van der Waals surface area contributed by atoms with Crippen LogP contribution in [0, 0.1) is 0 Å². The van der Waals surface area contributed by atoms with Crippen molar-refractivity contribution in [1.29, 1.82) is 0 Å². The van der Waals surface area contributed by atoms with Crippen LogP contribution in [0.4, 0.5) is 0 Å². The first-order chi connectivity index (χ1) is 8.98. The third-order valence-corrected chi connectivity index (χ3v) is 6.47. The molecule has 0 aromatic heterocycles. The van der Waals surface area contributed by atoms with Crippen LogP contribution in [0.5, 0.6) is 0 Å². The van der Waals surface area contributed by atoms with Gasteiger partial charge in [-0.15, -0.1) is 0 Å². The molecule has 0 N–H and O–H groups in total. The Hall–Kier alpha value is 0.749. The zero-order valence-corrected chi connectivity index (χ0v) is 17.6. The summed E-state index contributed by atoms with van der Waals surface area (Å²) < 4.78 is 0. The number of hydrogen-bond donors (Lipinski definition) is 0. The SMILES string of the molecule is C[Se]Cc1cc(C(C)(C)C)cc(C(C)(C)C)c1P(Cl)Cl. The van der Waals surface area contributed by atoms with Crippen molar-refractivity contribution in [3.05, 3.63) is 28.8 Å². The van der Waals surface area contributed by atoms with Crippen LogP contribution in [-0.2, 0) is 16.1 Å². The topological polar surface area (TPSA) is 0 Å². The number of benzene rings is 1. The van der Waals surface area contributed by atoms with Gasteiger partial charge in [0.1, 0.15) is 0 Å². The molecule has 0 spiro atoms. The molecule has 0 heterocycles. The molecular formula is C16H25Cl2PSe. The van der Waals surface area contributed by atoms with Crippen LogP contribution in [0.15, 0.2) is 12.1 Å². The summed E-state index contributed by atoms with van der Waals surface area (Å²) in [6.45, 7) is 12.4. The monoisotopic (exact) mass is 398 g/mol. The second kappa shape index (κ2) is 6.89. The van der Waals surface area contributed by atoms with E-state index in [0.717, 1.165) is 5.32 Å². The molecule has 0 fully saturated rings. The quantitative estimate of drug-likeness (QED) is 0.436. The van der Waals surface area contributed by atoms with Crippen LogP contribution in [0.3, 0.4) is 0 Å². The van der Waals surface area contributed by atoms with E-state index >= 15 is 0 Å². The van der Waals surface area contributed by atoms with E-state index in [1.807, 2.05) is 0 Å². The fourth-order valence-electron chi connectivity index (χ4n) is 2.16. The van der Waals surface area contributed by atoms with Crippen molar-refractivity contribution in [3.8, 4) is 0 Å². The molecule has 0 aliphatic rings. The van der Waals surface area contributed by atoms with Gasteiger partial charge in [-0.05, 0) is 0 Å². The molecule has 1 aromatic rings. The van der Waals surface area contributed by atoms with Gasteiger partial charge in [0.2, 0.25) is 0 Å². The molecule has 0 nitrogen and oxygen atoms in total. The predicted octanol–water partition coefficient (Wildman–Crippen LogP) is 5.95.